The van der Waals surface area contributed by atoms with E-state index in [0.717, 1.165) is 33.3 Å². The third-order valence-corrected chi connectivity index (χ3v) is 9.08. The van der Waals surface area contributed by atoms with E-state index in [2.05, 4.69) is 143 Å². The van der Waals surface area contributed by atoms with Crippen molar-refractivity contribution in [3.05, 3.63) is 146 Å². The standard InChI is InChI=1S/C40H24N2O/c1-2-10-26-23-27(18-17-25(26)9-1)41-35-15-7-4-13-33(35)39-36(41)22-21-32-29-11-3-6-14-34(29)42(40(32)39)28-19-20-31-30-12-5-8-16-37(30)43-38(31)24-28/h1-24H. The number of para-hydroxylation sites is 3. The molecule has 10 aromatic rings. The largest absolute Gasteiger partial charge is 0.456 e. The molecule has 3 heterocycles. The lowest BCUT2D eigenvalue weighted by Crippen LogP contribution is -1.95. The summed E-state index contributed by atoms with van der Waals surface area (Å²) >= 11 is 0. The fourth-order valence-corrected chi connectivity index (χ4v) is 7.22. The number of nitrogens with zero attached hydrogens (tertiary/aromatic N) is 2. The summed E-state index contributed by atoms with van der Waals surface area (Å²) in [6.45, 7) is 0. The van der Waals surface area contributed by atoms with Crippen molar-refractivity contribution in [2.75, 3.05) is 0 Å². The van der Waals surface area contributed by atoms with Gasteiger partial charge in [-0.25, -0.2) is 0 Å². The van der Waals surface area contributed by atoms with E-state index in [-0.39, 0.29) is 0 Å². The van der Waals surface area contributed by atoms with E-state index >= 15 is 0 Å². The first kappa shape index (κ1) is 22.8. The molecule has 0 bridgehead atoms. The van der Waals surface area contributed by atoms with Gasteiger partial charge in [0, 0.05) is 49.8 Å². The van der Waals surface area contributed by atoms with Crippen molar-refractivity contribution in [3.63, 3.8) is 0 Å². The summed E-state index contributed by atoms with van der Waals surface area (Å²) in [5.41, 5.74) is 8.85. The van der Waals surface area contributed by atoms with Gasteiger partial charge in [0.15, 0.2) is 0 Å². The summed E-state index contributed by atoms with van der Waals surface area (Å²) in [6, 6.07) is 52.4. The molecule has 3 aromatic heterocycles. The Labute approximate surface area is 246 Å². The zero-order chi connectivity index (χ0) is 28.1. The third-order valence-electron chi connectivity index (χ3n) is 9.08. The third kappa shape index (κ3) is 3.08. The van der Waals surface area contributed by atoms with Crippen molar-refractivity contribution < 1.29 is 4.42 Å². The molecule has 0 N–H and O–H groups in total. The quantitative estimate of drug-likeness (QED) is 0.211. The molecular formula is C40H24N2O. The Morgan fingerprint density at radius 1 is 0.372 bits per heavy atom. The fourth-order valence-electron chi connectivity index (χ4n) is 7.22. The predicted octanol–water partition coefficient (Wildman–Crippen LogP) is 10.9. The minimum atomic E-state index is 0.899. The van der Waals surface area contributed by atoms with Crippen LogP contribution in [-0.2, 0) is 0 Å². The van der Waals surface area contributed by atoms with Crippen LogP contribution in [0, 0.1) is 0 Å². The fraction of sp³-hybridized carbons (Fsp3) is 0. The molecular weight excluding hydrogens is 524 g/mol. The maximum Gasteiger partial charge on any atom is 0.137 e. The minimum Gasteiger partial charge on any atom is -0.456 e. The number of furan rings is 1. The minimum absolute atomic E-state index is 0.899. The zero-order valence-corrected chi connectivity index (χ0v) is 23.2. The van der Waals surface area contributed by atoms with E-state index in [1.807, 2.05) is 12.1 Å². The Balaban J connectivity index is 1.36. The molecule has 7 aromatic carbocycles. The second-order valence-electron chi connectivity index (χ2n) is 11.4. The Kier molecular flexibility index (Phi) is 4.45. The average Bonchev–Trinajstić information content (AvgIpc) is 3.71. The molecule has 0 amide bonds. The molecule has 0 unspecified atom stereocenters. The van der Waals surface area contributed by atoms with Crippen LogP contribution >= 0.6 is 0 Å². The van der Waals surface area contributed by atoms with E-state index < -0.39 is 0 Å². The normalized spacial score (nSPS) is 12.2. The molecule has 0 radical (unpaired) electrons. The van der Waals surface area contributed by atoms with Crippen LogP contribution < -0.4 is 0 Å². The van der Waals surface area contributed by atoms with Gasteiger partial charge < -0.3 is 13.6 Å². The van der Waals surface area contributed by atoms with Gasteiger partial charge in [-0.05, 0) is 59.3 Å². The smallest absolute Gasteiger partial charge is 0.137 e. The van der Waals surface area contributed by atoms with Crippen molar-refractivity contribution in [1.29, 1.82) is 0 Å². The molecule has 0 aliphatic carbocycles. The highest BCUT2D eigenvalue weighted by Gasteiger charge is 2.21. The van der Waals surface area contributed by atoms with Gasteiger partial charge in [0.05, 0.1) is 22.1 Å². The van der Waals surface area contributed by atoms with Gasteiger partial charge in [-0.2, -0.15) is 0 Å². The van der Waals surface area contributed by atoms with E-state index in [9.17, 15) is 0 Å². The summed E-state index contributed by atoms with van der Waals surface area (Å²) in [6.07, 6.45) is 0. The molecule has 3 heteroatoms. The van der Waals surface area contributed by atoms with Crippen LogP contribution in [0.1, 0.15) is 0 Å². The predicted molar refractivity (Wildman–Crippen MR) is 180 cm³/mol. The van der Waals surface area contributed by atoms with Crippen molar-refractivity contribution in [2.24, 2.45) is 0 Å². The number of fused-ring (bicyclic) bond motifs is 11. The number of hydrogen-bond acceptors (Lipinski definition) is 1. The van der Waals surface area contributed by atoms with E-state index in [1.165, 1.54) is 54.4 Å². The molecule has 0 spiro atoms. The molecule has 3 nitrogen and oxygen atoms in total. The van der Waals surface area contributed by atoms with Crippen LogP contribution in [0.4, 0.5) is 0 Å². The summed E-state index contributed by atoms with van der Waals surface area (Å²) in [7, 11) is 0. The van der Waals surface area contributed by atoms with Gasteiger partial charge >= 0.3 is 0 Å². The maximum absolute atomic E-state index is 6.35. The topological polar surface area (TPSA) is 23.0 Å². The van der Waals surface area contributed by atoms with Crippen LogP contribution in [-0.4, -0.2) is 9.13 Å². The van der Waals surface area contributed by atoms with Crippen molar-refractivity contribution >= 4 is 76.3 Å². The first-order valence-corrected chi connectivity index (χ1v) is 14.7. The lowest BCUT2D eigenvalue weighted by molar-refractivity contribution is 0.668. The van der Waals surface area contributed by atoms with Crippen LogP contribution in [0.15, 0.2) is 150 Å². The maximum atomic E-state index is 6.35. The lowest BCUT2D eigenvalue weighted by Gasteiger charge is -2.11. The molecule has 43 heavy (non-hydrogen) atoms. The molecule has 10 rings (SSSR count). The summed E-state index contributed by atoms with van der Waals surface area (Å²) in [5, 5.41) is 9.74. The zero-order valence-electron chi connectivity index (χ0n) is 23.2. The highest BCUT2D eigenvalue weighted by molar-refractivity contribution is 6.26. The molecule has 200 valence electrons. The van der Waals surface area contributed by atoms with Gasteiger partial charge in [0.2, 0.25) is 0 Å². The second-order valence-corrected chi connectivity index (χ2v) is 11.4. The van der Waals surface area contributed by atoms with E-state index in [1.54, 1.807) is 0 Å². The number of rotatable bonds is 2. The molecule has 0 saturated carbocycles. The average molecular weight is 549 g/mol. The highest BCUT2D eigenvalue weighted by Crippen LogP contribution is 2.42. The van der Waals surface area contributed by atoms with Crippen LogP contribution in [0.3, 0.4) is 0 Å². The Morgan fingerprint density at radius 2 is 1.00 bits per heavy atom. The molecule has 0 saturated heterocycles. The molecule has 0 fully saturated rings. The molecule has 0 atom stereocenters. The van der Waals surface area contributed by atoms with Gasteiger partial charge in [0.25, 0.3) is 0 Å². The second kappa shape index (κ2) is 8.37. The number of benzene rings is 7. The Morgan fingerprint density at radius 3 is 1.88 bits per heavy atom. The first-order valence-electron chi connectivity index (χ1n) is 14.7. The van der Waals surface area contributed by atoms with Gasteiger partial charge in [-0.3, -0.25) is 0 Å². The van der Waals surface area contributed by atoms with E-state index in [0.29, 0.717) is 0 Å². The van der Waals surface area contributed by atoms with Gasteiger partial charge in [-0.15, -0.1) is 0 Å². The lowest BCUT2D eigenvalue weighted by atomic mass is 10.1. The molecule has 0 aliphatic rings. The Hall–Kier alpha value is -5.80. The summed E-state index contributed by atoms with van der Waals surface area (Å²) < 4.78 is 11.2. The summed E-state index contributed by atoms with van der Waals surface area (Å²) in [4.78, 5) is 0. The first-order chi connectivity index (χ1) is 21.3. The number of hydrogen-bond donors (Lipinski definition) is 0. The van der Waals surface area contributed by atoms with E-state index in [4.69, 9.17) is 4.42 Å². The van der Waals surface area contributed by atoms with Gasteiger partial charge in [0.1, 0.15) is 11.2 Å². The Bertz CT molecular complexity index is 2740. The summed E-state index contributed by atoms with van der Waals surface area (Å²) in [5.74, 6) is 0. The molecule has 0 aliphatic heterocycles. The van der Waals surface area contributed by atoms with Crippen LogP contribution in [0.2, 0.25) is 0 Å². The highest BCUT2D eigenvalue weighted by atomic mass is 16.3. The van der Waals surface area contributed by atoms with Crippen LogP contribution in [0.25, 0.3) is 87.7 Å². The van der Waals surface area contributed by atoms with Crippen LogP contribution in [0.5, 0.6) is 0 Å². The number of aromatic nitrogens is 2. The SMILES string of the molecule is c1ccc2cc(-n3c4ccccc4c4c3ccc3c5ccccc5n(-c5ccc6c(c5)oc5ccccc56)c34)ccc2c1. The van der Waals surface area contributed by atoms with Crippen molar-refractivity contribution in [2.45, 2.75) is 0 Å². The van der Waals surface area contributed by atoms with Crippen molar-refractivity contribution in [3.8, 4) is 11.4 Å². The monoisotopic (exact) mass is 548 g/mol. The van der Waals surface area contributed by atoms with Gasteiger partial charge in [-0.1, -0.05) is 91.0 Å². The van der Waals surface area contributed by atoms with Crippen molar-refractivity contribution in [1.82, 2.24) is 9.13 Å².